The summed E-state index contributed by atoms with van der Waals surface area (Å²) in [5.41, 5.74) is -4.25. The fourth-order valence-corrected chi connectivity index (χ4v) is 2.07. The van der Waals surface area contributed by atoms with E-state index in [-0.39, 0.29) is 17.2 Å². The zero-order valence-electron chi connectivity index (χ0n) is 14.5. The van der Waals surface area contributed by atoms with Crippen molar-refractivity contribution in [3.8, 4) is 0 Å². The van der Waals surface area contributed by atoms with Gasteiger partial charge in [0.1, 0.15) is 5.82 Å². The summed E-state index contributed by atoms with van der Waals surface area (Å²) in [5, 5.41) is 2.20. The van der Waals surface area contributed by atoms with Crippen LogP contribution in [0.5, 0.6) is 0 Å². The Labute approximate surface area is 150 Å². The van der Waals surface area contributed by atoms with Crippen LogP contribution in [0.15, 0.2) is 30.6 Å². The molecule has 1 heterocycles. The Bertz CT molecular complexity index is 803. The maximum Gasteiger partial charge on any atom is 0.416 e. The molecule has 1 N–H and O–H groups in total. The van der Waals surface area contributed by atoms with Crippen LogP contribution in [0.2, 0.25) is 0 Å². The Morgan fingerprint density at radius 1 is 0.852 bits per heavy atom. The Morgan fingerprint density at radius 3 is 1.67 bits per heavy atom. The van der Waals surface area contributed by atoms with Gasteiger partial charge in [0.15, 0.2) is 0 Å². The highest BCUT2D eigenvalue weighted by atomic mass is 19.4. The van der Waals surface area contributed by atoms with Crippen molar-refractivity contribution in [1.29, 1.82) is 0 Å². The third-order valence-electron chi connectivity index (χ3n) is 3.43. The first kappa shape index (κ1) is 20.7. The molecule has 4 nitrogen and oxygen atoms in total. The Balaban J connectivity index is 2.35. The lowest BCUT2D eigenvalue weighted by molar-refractivity contribution is -0.143. The van der Waals surface area contributed by atoms with E-state index in [1.807, 2.05) is 20.8 Å². The number of carbonyl (C=O) groups excluding carboxylic acids is 1. The smallest absolute Gasteiger partial charge is 0.319 e. The predicted molar refractivity (Wildman–Crippen MR) is 85.1 cm³/mol. The van der Waals surface area contributed by atoms with E-state index in [1.165, 1.54) is 12.4 Å². The number of halogens is 6. The van der Waals surface area contributed by atoms with Crippen molar-refractivity contribution in [1.82, 2.24) is 9.97 Å². The number of nitrogens with one attached hydrogen (secondary N) is 1. The third-order valence-corrected chi connectivity index (χ3v) is 3.43. The van der Waals surface area contributed by atoms with E-state index in [4.69, 9.17) is 0 Å². The van der Waals surface area contributed by atoms with E-state index in [1.54, 1.807) is 0 Å². The van der Waals surface area contributed by atoms with Crippen LogP contribution in [0, 0.1) is 0 Å². The van der Waals surface area contributed by atoms with Gasteiger partial charge in [-0.15, -0.1) is 0 Å². The molecule has 0 fully saturated rings. The van der Waals surface area contributed by atoms with Crippen LogP contribution >= 0.6 is 0 Å². The van der Waals surface area contributed by atoms with Crippen molar-refractivity contribution < 1.29 is 31.1 Å². The number of alkyl halides is 6. The van der Waals surface area contributed by atoms with Crippen molar-refractivity contribution in [2.24, 2.45) is 0 Å². The molecule has 0 saturated carbocycles. The number of aromatic nitrogens is 2. The number of carbonyl (C=O) groups is 1. The Kier molecular flexibility index (Phi) is 5.22. The molecular weight excluding hydrogens is 376 g/mol. The molecule has 27 heavy (non-hydrogen) atoms. The highest BCUT2D eigenvalue weighted by Gasteiger charge is 2.37. The van der Waals surface area contributed by atoms with Crippen molar-refractivity contribution in [2.75, 3.05) is 5.32 Å². The van der Waals surface area contributed by atoms with Gasteiger partial charge in [0, 0.05) is 11.0 Å². The molecule has 1 aromatic carbocycles. The fraction of sp³-hybridized carbons (Fsp3) is 0.353. The maximum absolute atomic E-state index is 12.9. The number of anilines is 1. The number of amides is 1. The molecule has 0 bridgehead atoms. The monoisotopic (exact) mass is 391 g/mol. The summed E-state index contributed by atoms with van der Waals surface area (Å²) in [5.74, 6) is -0.683. The van der Waals surface area contributed by atoms with Crippen molar-refractivity contribution in [2.45, 2.75) is 38.5 Å². The minimum atomic E-state index is -5.03. The van der Waals surface area contributed by atoms with Gasteiger partial charge in [-0.05, 0) is 18.2 Å². The summed E-state index contributed by atoms with van der Waals surface area (Å²) in [4.78, 5) is 20.2. The average molecular weight is 391 g/mol. The Morgan fingerprint density at radius 2 is 1.30 bits per heavy atom. The summed E-state index contributed by atoms with van der Waals surface area (Å²) in [6.07, 6.45) is -7.62. The van der Waals surface area contributed by atoms with Crippen molar-refractivity contribution in [3.05, 3.63) is 53.1 Å². The molecule has 0 spiro atoms. The number of rotatable bonds is 2. The second kappa shape index (κ2) is 6.82. The first-order valence-electron chi connectivity index (χ1n) is 7.61. The molecule has 1 amide bonds. The van der Waals surface area contributed by atoms with Gasteiger partial charge in [0.05, 0.1) is 29.2 Å². The van der Waals surface area contributed by atoms with Crippen LogP contribution in [0.3, 0.4) is 0 Å². The molecule has 1 aromatic heterocycles. The molecule has 0 saturated heterocycles. The molecule has 146 valence electrons. The van der Waals surface area contributed by atoms with E-state index in [0.29, 0.717) is 18.0 Å². The summed E-state index contributed by atoms with van der Waals surface area (Å²) in [6.45, 7) is 5.55. The summed E-state index contributed by atoms with van der Waals surface area (Å²) in [7, 11) is 0. The van der Waals surface area contributed by atoms with Gasteiger partial charge >= 0.3 is 12.4 Å². The maximum atomic E-state index is 12.9. The molecule has 0 unspecified atom stereocenters. The minimum absolute atomic E-state index is 0.0407. The number of benzene rings is 1. The highest BCUT2D eigenvalue weighted by Crippen LogP contribution is 2.36. The molecule has 10 heteroatoms. The van der Waals surface area contributed by atoms with Crippen LogP contribution in [0.25, 0.3) is 0 Å². The zero-order valence-corrected chi connectivity index (χ0v) is 14.5. The largest absolute Gasteiger partial charge is 0.416 e. The highest BCUT2D eigenvalue weighted by molar-refractivity contribution is 6.04. The van der Waals surface area contributed by atoms with Gasteiger partial charge in [-0.2, -0.15) is 26.3 Å². The van der Waals surface area contributed by atoms with Crippen LogP contribution in [-0.4, -0.2) is 15.9 Å². The zero-order chi connectivity index (χ0) is 20.6. The topological polar surface area (TPSA) is 54.9 Å². The van der Waals surface area contributed by atoms with Gasteiger partial charge in [0.25, 0.3) is 5.91 Å². The lowest BCUT2D eigenvalue weighted by atomic mass is 9.96. The molecule has 0 atom stereocenters. The second-order valence-electron chi connectivity index (χ2n) is 6.79. The molecule has 2 aromatic rings. The van der Waals surface area contributed by atoms with E-state index in [9.17, 15) is 31.1 Å². The second-order valence-corrected chi connectivity index (χ2v) is 6.79. The van der Waals surface area contributed by atoms with Crippen LogP contribution in [0.1, 0.15) is 48.1 Å². The molecule has 0 aliphatic heterocycles. The average Bonchev–Trinajstić information content (AvgIpc) is 2.52. The fourth-order valence-electron chi connectivity index (χ4n) is 2.07. The number of hydrogen-bond acceptors (Lipinski definition) is 3. The summed E-state index contributed by atoms with van der Waals surface area (Å²) >= 11 is 0. The van der Waals surface area contributed by atoms with E-state index in [0.717, 1.165) is 0 Å². The van der Waals surface area contributed by atoms with Gasteiger partial charge in [-0.1, -0.05) is 20.8 Å². The molecule has 2 rings (SSSR count). The minimum Gasteiger partial charge on any atom is -0.319 e. The van der Waals surface area contributed by atoms with Crippen LogP contribution in [-0.2, 0) is 17.8 Å². The van der Waals surface area contributed by atoms with Gasteiger partial charge in [0.2, 0.25) is 0 Å². The van der Waals surface area contributed by atoms with Gasteiger partial charge < -0.3 is 5.32 Å². The van der Waals surface area contributed by atoms with Crippen molar-refractivity contribution >= 4 is 11.6 Å². The molecule has 0 radical (unpaired) electrons. The van der Waals surface area contributed by atoms with Crippen LogP contribution < -0.4 is 5.32 Å². The number of nitrogens with zero attached hydrogens (tertiary/aromatic N) is 2. The van der Waals surface area contributed by atoms with E-state index in [2.05, 4.69) is 15.3 Å². The molecule has 0 aliphatic rings. The lowest BCUT2D eigenvalue weighted by Crippen LogP contribution is -2.19. The molecule has 0 aliphatic carbocycles. The van der Waals surface area contributed by atoms with Crippen molar-refractivity contribution in [3.63, 3.8) is 0 Å². The third kappa shape index (κ3) is 5.18. The normalized spacial score (nSPS) is 12.8. The van der Waals surface area contributed by atoms with E-state index < -0.39 is 35.0 Å². The van der Waals surface area contributed by atoms with Crippen LogP contribution in [0.4, 0.5) is 32.0 Å². The predicted octanol–water partition coefficient (Wildman–Crippen LogP) is 5.06. The summed E-state index contributed by atoms with van der Waals surface area (Å²) in [6, 6.07) is 0.669. The van der Waals surface area contributed by atoms with Gasteiger partial charge in [-0.25, -0.2) is 9.97 Å². The molecular formula is C17H15F6N3O. The SMILES string of the molecule is CC(C)(C)c1ncc(NC(=O)c2cc(C(F)(F)F)cc(C(F)(F)F)c2)cn1. The van der Waals surface area contributed by atoms with E-state index >= 15 is 0 Å². The Hall–Kier alpha value is -2.65. The standard InChI is InChI=1S/C17H15F6N3O/c1-15(2,3)14-24-7-12(8-25-14)26-13(27)9-4-10(16(18,19)20)6-11(5-9)17(21,22)23/h4-8H,1-3H3,(H,26,27). The van der Waals surface area contributed by atoms with Gasteiger partial charge in [-0.3, -0.25) is 4.79 Å². The first-order valence-corrected chi connectivity index (χ1v) is 7.61. The first-order chi connectivity index (χ1) is 12.2. The number of hydrogen-bond donors (Lipinski definition) is 1. The quantitative estimate of drug-likeness (QED) is 0.728. The lowest BCUT2D eigenvalue weighted by Gasteiger charge is -2.16. The summed E-state index contributed by atoms with van der Waals surface area (Å²) < 4.78 is 77.2.